The van der Waals surface area contributed by atoms with E-state index in [-0.39, 0.29) is 10.7 Å². The van der Waals surface area contributed by atoms with Gasteiger partial charge in [-0.05, 0) is 49.9 Å². The summed E-state index contributed by atoms with van der Waals surface area (Å²) in [5.41, 5.74) is 1.32. The lowest BCUT2D eigenvalue weighted by Crippen LogP contribution is -2.44. The van der Waals surface area contributed by atoms with Crippen LogP contribution in [0.15, 0.2) is 41.4 Å². The Hall–Kier alpha value is -2.19. The Morgan fingerprint density at radius 1 is 1.12 bits per heavy atom. The van der Waals surface area contributed by atoms with Crippen LogP contribution >= 0.6 is 0 Å². The molecule has 0 unspecified atom stereocenters. The lowest BCUT2D eigenvalue weighted by Gasteiger charge is -2.33. The van der Waals surface area contributed by atoms with E-state index in [1.165, 1.54) is 12.1 Å². The molecular weight excluding hydrogens is 343 g/mol. The van der Waals surface area contributed by atoms with Gasteiger partial charge in [0.05, 0.1) is 16.8 Å². The van der Waals surface area contributed by atoms with Gasteiger partial charge in [-0.3, -0.25) is 4.72 Å². The van der Waals surface area contributed by atoms with Gasteiger partial charge in [0.25, 0.3) is 10.0 Å². The van der Waals surface area contributed by atoms with E-state index in [9.17, 15) is 12.8 Å². The first-order chi connectivity index (χ1) is 11.8. The minimum atomic E-state index is -3.81. The highest BCUT2D eigenvalue weighted by Crippen LogP contribution is 2.21. The van der Waals surface area contributed by atoms with Crippen molar-refractivity contribution in [1.29, 1.82) is 0 Å². The summed E-state index contributed by atoms with van der Waals surface area (Å²) in [5.74, 6) is -0.229. The summed E-state index contributed by atoms with van der Waals surface area (Å²) in [5, 5.41) is 0. The number of aryl methyl sites for hydroxylation is 1. The van der Waals surface area contributed by atoms with Gasteiger partial charge in [-0.15, -0.1) is 0 Å². The van der Waals surface area contributed by atoms with Crippen molar-refractivity contribution < 1.29 is 12.8 Å². The summed E-state index contributed by atoms with van der Waals surface area (Å²) in [7, 11) is -1.72. The lowest BCUT2D eigenvalue weighted by molar-refractivity contribution is 0.313. The first-order valence-electron chi connectivity index (χ1n) is 8.04. The fraction of sp³-hybridized carbons (Fsp3) is 0.353. The molecule has 1 aliphatic rings. The summed E-state index contributed by atoms with van der Waals surface area (Å²) < 4.78 is 40.6. The van der Waals surface area contributed by atoms with E-state index in [1.54, 1.807) is 19.2 Å². The molecule has 2 aromatic rings. The van der Waals surface area contributed by atoms with Crippen LogP contribution in [0.4, 0.5) is 15.9 Å². The summed E-state index contributed by atoms with van der Waals surface area (Å²) >= 11 is 0. The molecule has 134 valence electrons. The van der Waals surface area contributed by atoms with Crippen LogP contribution in [0.25, 0.3) is 0 Å². The zero-order valence-corrected chi connectivity index (χ0v) is 15.1. The molecule has 1 saturated heterocycles. The number of anilines is 2. The standard InChI is InChI=1S/C17H21FN4O2S/c1-13-11-14(18)3-5-16(13)25(23,24)20-17-6-4-15(12-19-17)22-9-7-21(2)8-10-22/h3-6,11-12H,7-10H2,1-2H3,(H,19,20). The molecule has 1 aromatic heterocycles. The predicted molar refractivity (Wildman–Crippen MR) is 95.9 cm³/mol. The summed E-state index contributed by atoms with van der Waals surface area (Å²) in [4.78, 5) is 8.73. The minimum absolute atomic E-state index is 0.0406. The minimum Gasteiger partial charge on any atom is -0.368 e. The van der Waals surface area contributed by atoms with Crippen LogP contribution in [0.3, 0.4) is 0 Å². The van der Waals surface area contributed by atoms with Crippen molar-refractivity contribution in [1.82, 2.24) is 9.88 Å². The zero-order chi connectivity index (χ0) is 18.0. The number of likely N-dealkylation sites (N-methyl/N-ethyl adjacent to an activating group) is 1. The van der Waals surface area contributed by atoms with E-state index >= 15 is 0 Å². The maximum atomic E-state index is 13.2. The van der Waals surface area contributed by atoms with E-state index in [0.29, 0.717) is 5.56 Å². The van der Waals surface area contributed by atoms with Crippen molar-refractivity contribution in [2.45, 2.75) is 11.8 Å². The highest BCUT2D eigenvalue weighted by molar-refractivity contribution is 7.92. The fourth-order valence-electron chi connectivity index (χ4n) is 2.81. The Bertz CT molecular complexity index is 847. The van der Waals surface area contributed by atoms with Gasteiger partial charge in [0.2, 0.25) is 0 Å². The van der Waals surface area contributed by atoms with E-state index < -0.39 is 15.8 Å². The third kappa shape index (κ3) is 4.08. The summed E-state index contributed by atoms with van der Waals surface area (Å²) in [6, 6.07) is 7.08. The molecule has 0 atom stereocenters. The number of halogens is 1. The van der Waals surface area contributed by atoms with Crippen LogP contribution in [0, 0.1) is 12.7 Å². The van der Waals surface area contributed by atoms with Gasteiger partial charge in [-0.25, -0.2) is 17.8 Å². The SMILES string of the molecule is Cc1cc(F)ccc1S(=O)(=O)Nc1ccc(N2CCN(C)CC2)cn1. The van der Waals surface area contributed by atoms with Crippen molar-refractivity contribution >= 4 is 21.5 Å². The third-order valence-corrected chi connectivity index (χ3v) is 5.80. The molecule has 0 amide bonds. The molecule has 0 radical (unpaired) electrons. The van der Waals surface area contributed by atoms with Gasteiger partial charge in [0, 0.05) is 26.2 Å². The van der Waals surface area contributed by atoms with Crippen molar-refractivity contribution in [3.63, 3.8) is 0 Å². The number of pyridine rings is 1. The monoisotopic (exact) mass is 364 g/mol. The quantitative estimate of drug-likeness (QED) is 0.900. The number of benzene rings is 1. The molecule has 0 spiro atoms. The van der Waals surface area contributed by atoms with Gasteiger partial charge < -0.3 is 9.80 Å². The van der Waals surface area contributed by atoms with Crippen LogP contribution < -0.4 is 9.62 Å². The van der Waals surface area contributed by atoms with Gasteiger partial charge in [0.1, 0.15) is 11.6 Å². The second kappa shape index (κ2) is 6.97. The Balaban J connectivity index is 1.74. The van der Waals surface area contributed by atoms with Crippen LogP contribution in [0.5, 0.6) is 0 Å². The predicted octanol–water partition coefficient (Wildman–Crippen LogP) is 2.08. The fourth-order valence-corrected chi connectivity index (χ4v) is 4.04. The number of aromatic nitrogens is 1. The highest BCUT2D eigenvalue weighted by Gasteiger charge is 2.19. The molecule has 1 N–H and O–H groups in total. The molecule has 1 aliphatic heterocycles. The van der Waals surface area contributed by atoms with Crippen molar-refractivity contribution in [2.75, 3.05) is 42.8 Å². The first-order valence-corrected chi connectivity index (χ1v) is 9.52. The maximum absolute atomic E-state index is 13.2. The molecule has 2 heterocycles. The number of sulfonamides is 1. The molecule has 6 nitrogen and oxygen atoms in total. The Morgan fingerprint density at radius 2 is 1.84 bits per heavy atom. The van der Waals surface area contributed by atoms with Crippen LogP contribution in [0.2, 0.25) is 0 Å². The molecule has 25 heavy (non-hydrogen) atoms. The van der Waals surface area contributed by atoms with Gasteiger partial charge >= 0.3 is 0 Å². The topological polar surface area (TPSA) is 65.5 Å². The highest BCUT2D eigenvalue weighted by atomic mass is 32.2. The van der Waals surface area contributed by atoms with Crippen LogP contribution in [-0.2, 0) is 10.0 Å². The Kier molecular flexibility index (Phi) is 4.91. The molecule has 3 rings (SSSR count). The summed E-state index contributed by atoms with van der Waals surface area (Å²) in [6.45, 7) is 5.36. The third-order valence-electron chi connectivity index (χ3n) is 4.28. The molecule has 0 saturated carbocycles. The lowest BCUT2D eigenvalue weighted by atomic mass is 10.2. The number of hydrogen-bond acceptors (Lipinski definition) is 5. The summed E-state index contributed by atoms with van der Waals surface area (Å²) in [6.07, 6.45) is 1.67. The van der Waals surface area contributed by atoms with Crippen LogP contribution in [0.1, 0.15) is 5.56 Å². The van der Waals surface area contributed by atoms with Gasteiger partial charge in [-0.2, -0.15) is 0 Å². The molecule has 0 bridgehead atoms. The van der Waals surface area contributed by atoms with Crippen LogP contribution in [-0.4, -0.2) is 51.5 Å². The van der Waals surface area contributed by atoms with E-state index in [0.717, 1.165) is 37.9 Å². The van der Waals surface area contributed by atoms with Gasteiger partial charge in [0.15, 0.2) is 0 Å². The number of hydrogen-bond donors (Lipinski definition) is 1. The van der Waals surface area contributed by atoms with E-state index in [1.807, 2.05) is 6.07 Å². The second-order valence-electron chi connectivity index (χ2n) is 6.21. The number of nitrogens with zero attached hydrogens (tertiary/aromatic N) is 3. The van der Waals surface area contributed by atoms with Crippen molar-refractivity contribution in [3.05, 3.63) is 47.9 Å². The number of rotatable bonds is 4. The van der Waals surface area contributed by atoms with E-state index in [2.05, 4.69) is 26.6 Å². The molecule has 8 heteroatoms. The second-order valence-corrected chi connectivity index (χ2v) is 7.86. The normalized spacial score (nSPS) is 16.0. The average Bonchev–Trinajstić information content (AvgIpc) is 2.55. The Morgan fingerprint density at radius 3 is 2.44 bits per heavy atom. The molecule has 0 aliphatic carbocycles. The zero-order valence-electron chi connectivity index (χ0n) is 14.2. The Labute approximate surface area is 147 Å². The average molecular weight is 364 g/mol. The van der Waals surface area contributed by atoms with E-state index in [4.69, 9.17) is 0 Å². The maximum Gasteiger partial charge on any atom is 0.263 e. The largest absolute Gasteiger partial charge is 0.368 e. The number of piperazine rings is 1. The smallest absolute Gasteiger partial charge is 0.263 e. The van der Waals surface area contributed by atoms with Crippen molar-refractivity contribution in [3.8, 4) is 0 Å². The molecular formula is C17H21FN4O2S. The first kappa shape index (κ1) is 17.6. The van der Waals surface area contributed by atoms with Crippen molar-refractivity contribution in [2.24, 2.45) is 0 Å². The molecule has 1 aromatic carbocycles. The molecule has 1 fully saturated rings. The van der Waals surface area contributed by atoms with Gasteiger partial charge in [-0.1, -0.05) is 0 Å². The number of nitrogens with one attached hydrogen (secondary N) is 1.